The number of unbranched alkanes of at least 4 members (excludes halogenated alkanes) is 1. The van der Waals surface area contributed by atoms with Gasteiger partial charge in [0, 0.05) is 45.8 Å². The summed E-state index contributed by atoms with van der Waals surface area (Å²) in [5.74, 6) is -0.367. The Morgan fingerprint density at radius 2 is 1.80 bits per heavy atom. The number of carboxylic acids is 1. The number of nitrogens with one attached hydrogen (secondary N) is 2. The fourth-order valence-electron chi connectivity index (χ4n) is 7.51. The zero-order valence-corrected chi connectivity index (χ0v) is 31.2. The first-order valence-electron chi connectivity index (χ1n) is 18.3. The Bertz CT molecular complexity index is 1140. The number of methoxy groups -OCH3 is 1. The van der Waals surface area contributed by atoms with E-state index in [1.807, 2.05) is 7.05 Å². The molecule has 0 aromatic heterocycles. The number of aliphatic hydroxyl groups excluding tert-OH is 1. The first kappa shape index (κ1) is 40.9. The molecule has 3 saturated heterocycles. The van der Waals surface area contributed by atoms with E-state index in [4.69, 9.17) is 14.2 Å². The van der Waals surface area contributed by atoms with Crippen LogP contribution in [0.3, 0.4) is 0 Å². The number of rotatable bonds is 18. The number of carboxylic acid groups (broad SMARTS) is 1. The molecule has 0 radical (unpaired) electrons. The lowest BCUT2D eigenvalue weighted by atomic mass is 9.85. The molecule has 49 heavy (non-hydrogen) atoms. The second kappa shape index (κ2) is 19.2. The highest BCUT2D eigenvalue weighted by Crippen LogP contribution is 2.47. The van der Waals surface area contributed by atoms with Crippen molar-refractivity contribution in [2.24, 2.45) is 17.8 Å². The molecule has 3 aliphatic heterocycles. The number of nitrogens with zero attached hydrogens (tertiary/aromatic N) is 2. The van der Waals surface area contributed by atoms with Crippen molar-refractivity contribution in [2.75, 3.05) is 46.9 Å². The zero-order chi connectivity index (χ0) is 36.3. The molecule has 3 heterocycles. The van der Waals surface area contributed by atoms with E-state index in [1.54, 1.807) is 18.9 Å². The van der Waals surface area contributed by atoms with Gasteiger partial charge < -0.3 is 44.9 Å². The zero-order valence-electron chi connectivity index (χ0n) is 31.2. The fraction of sp³-hybridized carbons (Fsp3) is 0.811. The van der Waals surface area contributed by atoms with Crippen LogP contribution in [-0.2, 0) is 23.8 Å². The molecular formula is C37H64N4O8. The van der Waals surface area contributed by atoms with Crippen LogP contribution in [0.5, 0.6) is 0 Å². The summed E-state index contributed by atoms with van der Waals surface area (Å²) in [6.45, 7) is 15.6. The van der Waals surface area contributed by atoms with Crippen LogP contribution in [0.1, 0.15) is 86.5 Å². The predicted molar refractivity (Wildman–Crippen MR) is 189 cm³/mol. The molecule has 3 rings (SSSR count). The molecule has 4 N–H and O–H groups in total. The van der Waals surface area contributed by atoms with Gasteiger partial charge in [-0.15, -0.1) is 0 Å². The minimum absolute atomic E-state index is 0.0542. The Labute approximate surface area is 294 Å². The molecule has 3 amide bonds. The summed E-state index contributed by atoms with van der Waals surface area (Å²) in [4.78, 5) is 40.8. The van der Waals surface area contributed by atoms with Gasteiger partial charge in [0.15, 0.2) is 0 Å². The van der Waals surface area contributed by atoms with Crippen LogP contribution in [0.15, 0.2) is 23.8 Å². The van der Waals surface area contributed by atoms with Crippen molar-refractivity contribution in [2.45, 2.75) is 129 Å². The Kier molecular flexibility index (Phi) is 16.0. The number of hydrogen-bond donors (Lipinski definition) is 4. The first-order chi connectivity index (χ1) is 23.1. The van der Waals surface area contributed by atoms with Crippen molar-refractivity contribution in [1.82, 2.24) is 20.4 Å². The van der Waals surface area contributed by atoms with Crippen LogP contribution in [0.4, 0.5) is 4.79 Å². The van der Waals surface area contributed by atoms with Crippen LogP contribution < -0.4 is 10.6 Å². The lowest BCUT2D eigenvalue weighted by Gasteiger charge is -2.35. The summed E-state index contributed by atoms with van der Waals surface area (Å²) in [6.07, 6.45) is 9.92. The average molecular weight is 693 g/mol. The lowest BCUT2D eigenvalue weighted by Crippen LogP contribution is -2.53. The van der Waals surface area contributed by atoms with E-state index in [1.165, 1.54) is 0 Å². The van der Waals surface area contributed by atoms with Gasteiger partial charge in [-0.3, -0.25) is 4.79 Å². The highest BCUT2D eigenvalue weighted by molar-refractivity contribution is 5.82. The van der Waals surface area contributed by atoms with E-state index in [9.17, 15) is 24.6 Å². The van der Waals surface area contributed by atoms with Crippen molar-refractivity contribution in [1.29, 1.82) is 0 Å². The topological polar surface area (TPSA) is 153 Å². The summed E-state index contributed by atoms with van der Waals surface area (Å²) in [6, 6.07) is -1.29. The van der Waals surface area contributed by atoms with Gasteiger partial charge in [0.25, 0.3) is 0 Å². The third-order valence-electron chi connectivity index (χ3n) is 10.5. The quantitative estimate of drug-likeness (QED) is 0.0950. The number of aliphatic carboxylic acids is 1. The smallest absolute Gasteiger partial charge is 0.326 e. The van der Waals surface area contributed by atoms with Gasteiger partial charge in [-0.05, 0) is 83.8 Å². The molecule has 0 aliphatic carbocycles. The molecule has 0 aromatic rings. The van der Waals surface area contributed by atoms with Gasteiger partial charge >= 0.3 is 12.0 Å². The molecule has 0 unspecified atom stereocenters. The van der Waals surface area contributed by atoms with Crippen LogP contribution in [0, 0.1) is 17.8 Å². The summed E-state index contributed by atoms with van der Waals surface area (Å²) in [5.41, 5.74) is 0.903. The van der Waals surface area contributed by atoms with Crippen molar-refractivity contribution < 1.29 is 38.8 Å². The SMILES string of the molecule is CO[C@H]([C@@H](C)[C@H]1O[C@]1(C)C[C@H](C)/C=C/C=C(\C)[C@H]1O[C@@H](CC(=O)NCCCC[C@H](NC(=O)N2CCN(C)CC2)C(=O)O)CC[C@@H]1C)[C@@H](C)O. The Balaban J connectivity index is 1.37. The highest BCUT2D eigenvalue weighted by Gasteiger charge is 2.56. The molecule has 0 aromatic carbocycles. The molecule has 3 aliphatic rings. The number of hydrogen-bond acceptors (Lipinski definition) is 8. The Hall–Kier alpha value is -2.51. The van der Waals surface area contributed by atoms with Crippen LogP contribution in [0.25, 0.3) is 0 Å². The number of amides is 3. The Morgan fingerprint density at radius 1 is 1.10 bits per heavy atom. The van der Waals surface area contributed by atoms with Crippen LogP contribution in [0.2, 0.25) is 0 Å². The molecule has 280 valence electrons. The van der Waals surface area contributed by atoms with Gasteiger partial charge in [-0.25, -0.2) is 9.59 Å². The van der Waals surface area contributed by atoms with Gasteiger partial charge in [-0.2, -0.15) is 0 Å². The number of urea groups is 1. The molecule has 10 atom stereocenters. The molecule has 12 nitrogen and oxygen atoms in total. The molecule has 3 fully saturated rings. The third kappa shape index (κ3) is 12.6. The number of likely N-dealkylation sites (N-methyl/N-ethyl adjacent to an activating group) is 1. The van der Waals surface area contributed by atoms with E-state index in [2.05, 4.69) is 68.4 Å². The number of carbonyl (C=O) groups is 3. The number of epoxide rings is 1. The fourth-order valence-corrected chi connectivity index (χ4v) is 7.51. The molecule has 0 bridgehead atoms. The monoisotopic (exact) mass is 692 g/mol. The molecule has 12 heteroatoms. The summed E-state index contributed by atoms with van der Waals surface area (Å²) in [7, 11) is 3.63. The maximum absolute atomic E-state index is 12.7. The summed E-state index contributed by atoms with van der Waals surface area (Å²) < 4.78 is 18.0. The average Bonchev–Trinajstić information content (AvgIpc) is 3.71. The highest BCUT2D eigenvalue weighted by atomic mass is 16.6. The maximum Gasteiger partial charge on any atom is 0.326 e. The number of ether oxygens (including phenoxy) is 3. The number of allylic oxidation sites excluding steroid dienone is 3. The van der Waals surface area contributed by atoms with E-state index in [-0.39, 0.29) is 47.9 Å². The van der Waals surface area contributed by atoms with E-state index >= 15 is 0 Å². The Morgan fingerprint density at radius 3 is 2.43 bits per heavy atom. The van der Waals surface area contributed by atoms with E-state index in [0.717, 1.165) is 37.9 Å². The van der Waals surface area contributed by atoms with Crippen LogP contribution >= 0.6 is 0 Å². The minimum Gasteiger partial charge on any atom is -0.480 e. The second-order valence-electron chi connectivity index (χ2n) is 15.0. The lowest BCUT2D eigenvalue weighted by molar-refractivity contribution is -0.139. The summed E-state index contributed by atoms with van der Waals surface area (Å²) in [5, 5.41) is 25.3. The normalized spacial score (nSPS) is 29.6. The number of aliphatic hydroxyl groups is 1. The number of piperazine rings is 1. The maximum atomic E-state index is 12.7. The third-order valence-corrected chi connectivity index (χ3v) is 10.5. The van der Waals surface area contributed by atoms with Gasteiger partial charge in [0.1, 0.15) is 6.04 Å². The van der Waals surface area contributed by atoms with Crippen LogP contribution in [-0.4, -0.2) is 127 Å². The molecular weight excluding hydrogens is 628 g/mol. The van der Waals surface area contributed by atoms with Crippen molar-refractivity contribution in [3.8, 4) is 0 Å². The molecule has 0 spiro atoms. The van der Waals surface area contributed by atoms with Gasteiger partial charge in [0.05, 0.1) is 42.5 Å². The van der Waals surface area contributed by atoms with Gasteiger partial charge in [0.2, 0.25) is 5.91 Å². The van der Waals surface area contributed by atoms with E-state index < -0.39 is 18.1 Å². The van der Waals surface area contributed by atoms with Crippen molar-refractivity contribution in [3.05, 3.63) is 23.8 Å². The predicted octanol–water partition coefficient (Wildman–Crippen LogP) is 3.98. The first-order valence-corrected chi connectivity index (χ1v) is 18.3. The second-order valence-corrected chi connectivity index (χ2v) is 15.0. The minimum atomic E-state index is -1.05. The molecule has 0 saturated carbocycles. The summed E-state index contributed by atoms with van der Waals surface area (Å²) >= 11 is 0. The van der Waals surface area contributed by atoms with Crippen molar-refractivity contribution >= 4 is 17.9 Å². The number of carbonyl (C=O) groups excluding carboxylic acids is 2. The standard InChI is InChI=1S/C37H64N4O8/c1-24(23-37(6)34(49-37)27(4)33(47-8)28(5)42)12-11-13-25(2)32-26(3)15-16-29(48-32)22-31(43)38-17-10-9-14-30(35(44)45)39-36(46)41-20-18-40(7)19-21-41/h11-13,24,26-30,32-34,42H,9-10,14-23H2,1-8H3,(H,38,43)(H,39,46)(H,44,45)/b12-11+,25-13+/t24-,26+,27-,28-,29-,30+,32-,33-,34-,37-/m1/s1. The van der Waals surface area contributed by atoms with E-state index in [0.29, 0.717) is 57.2 Å². The van der Waals surface area contributed by atoms with Gasteiger partial charge in [-0.1, -0.05) is 39.0 Å². The largest absolute Gasteiger partial charge is 0.480 e. The van der Waals surface area contributed by atoms with Crippen molar-refractivity contribution in [3.63, 3.8) is 0 Å².